The van der Waals surface area contributed by atoms with Gasteiger partial charge in [0.05, 0.1) is 5.56 Å². The topological polar surface area (TPSA) is 15.3 Å². The van der Waals surface area contributed by atoms with Crippen molar-refractivity contribution in [3.8, 4) is 0 Å². The number of hydrogen-bond donors (Lipinski definition) is 1. The molecule has 2 nitrogen and oxygen atoms in total. The molecular weight excluding hydrogens is 367 g/mol. The molecule has 138 valence electrons. The van der Waals surface area contributed by atoms with Gasteiger partial charge < -0.3 is 5.32 Å². The summed E-state index contributed by atoms with van der Waals surface area (Å²) in [5.74, 6) is -0.870. The highest BCUT2D eigenvalue weighted by Gasteiger charge is 2.37. The summed E-state index contributed by atoms with van der Waals surface area (Å²) in [7, 11) is 0. The van der Waals surface area contributed by atoms with Crippen LogP contribution in [0.25, 0.3) is 0 Å². The second-order valence-electron chi connectivity index (χ2n) is 5.69. The normalized spacial score (nSPS) is 16.7. The van der Waals surface area contributed by atoms with E-state index in [1.807, 2.05) is 4.90 Å². The van der Waals surface area contributed by atoms with Gasteiger partial charge in [-0.25, -0.2) is 4.39 Å². The van der Waals surface area contributed by atoms with Crippen molar-refractivity contribution in [3.05, 3.63) is 47.3 Å². The first-order valence-electron chi connectivity index (χ1n) is 7.25. The third-order valence-electron chi connectivity index (χ3n) is 3.81. The number of rotatable bonds is 4. The zero-order valence-electron chi connectivity index (χ0n) is 13.3. The highest BCUT2D eigenvalue weighted by Crippen LogP contribution is 2.38. The summed E-state index contributed by atoms with van der Waals surface area (Å²) in [6, 6.07) is 2.51. The summed E-state index contributed by atoms with van der Waals surface area (Å²) in [4.78, 5) is 2.01. The summed E-state index contributed by atoms with van der Waals surface area (Å²) in [6.45, 7) is 8.41. The van der Waals surface area contributed by atoms with Crippen molar-refractivity contribution in [2.75, 3.05) is 26.2 Å². The predicted molar refractivity (Wildman–Crippen MR) is 92.5 cm³/mol. The molecule has 1 saturated heterocycles. The Kier molecular flexibility index (Phi) is 9.28. The van der Waals surface area contributed by atoms with E-state index in [-0.39, 0.29) is 30.4 Å². The van der Waals surface area contributed by atoms with Crippen molar-refractivity contribution in [1.82, 2.24) is 10.2 Å². The van der Waals surface area contributed by atoms with Crippen LogP contribution in [0.2, 0.25) is 0 Å². The maximum atomic E-state index is 13.3. The van der Waals surface area contributed by atoms with Crippen LogP contribution < -0.4 is 5.32 Å². The quantitative estimate of drug-likeness (QED) is 0.598. The predicted octanol–water partition coefficient (Wildman–Crippen LogP) is 4.60. The molecule has 1 N–H and O–H groups in total. The van der Waals surface area contributed by atoms with Crippen LogP contribution >= 0.6 is 24.8 Å². The molecule has 2 rings (SSSR count). The molecule has 1 aromatic rings. The molecule has 1 aromatic carbocycles. The molecule has 0 aromatic heterocycles. The maximum absolute atomic E-state index is 13.3. The average Bonchev–Trinajstić information content (AvgIpc) is 2.45. The molecule has 0 saturated carbocycles. The molecule has 0 amide bonds. The lowest BCUT2D eigenvalue weighted by Crippen LogP contribution is -2.45. The Balaban J connectivity index is 0.00000264. The van der Waals surface area contributed by atoms with Gasteiger partial charge in [-0.1, -0.05) is 11.6 Å². The molecular formula is C16H22Cl2F4N2. The van der Waals surface area contributed by atoms with Gasteiger partial charge in [-0.05, 0) is 31.0 Å². The van der Waals surface area contributed by atoms with E-state index in [0.29, 0.717) is 25.6 Å². The van der Waals surface area contributed by atoms with Gasteiger partial charge in [0.25, 0.3) is 0 Å². The van der Waals surface area contributed by atoms with Crippen LogP contribution in [0.5, 0.6) is 0 Å². The molecule has 1 fully saturated rings. The highest BCUT2D eigenvalue weighted by molar-refractivity contribution is 5.85. The number of piperazine rings is 1. The van der Waals surface area contributed by atoms with Gasteiger partial charge >= 0.3 is 6.18 Å². The van der Waals surface area contributed by atoms with Crippen molar-refractivity contribution in [2.24, 2.45) is 0 Å². The lowest BCUT2D eigenvalue weighted by Gasteiger charge is -2.36. The van der Waals surface area contributed by atoms with Crippen molar-refractivity contribution < 1.29 is 17.6 Å². The van der Waals surface area contributed by atoms with Gasteiger partial charge in [0, 0.05) is 32.2 Å². The summed E-state index contributed by atoms with van der Waals surface area (Å²) < 4.78 is 53.1. The Morgan fingerprint density at radius 1 is 1.25 bits per heavy atom. The maximum Gasteiger partial charge on any atom is 0.416 e. The summed E-state index contributed by atoms with van der Waals surface area (Å²) in [5.41, 5.74) is 0.0389. The molecule has 0 radical (unpaired) electrons. The fourth-order valence-electron chi connectivity index (χ4n) is 2.82. The van der Waals surface area contributed by atoms with Crippen LogP contribution in [0.4, 0.5) is 17.6 Å². The number of nitrogens with one attached hydrogen (secondary N) is 1. The molecule has 1 aliphatic heterocycles. The third-order valence-corrected chi connectivity index (χ3v) is 3.81. The van der Waals surface area contributed by atoms with Gasteiger partial charge in [0.15, 0.2) is 0 Å². The smallest absolute Gasteiger partial charge is 0.314 e. The van der Waals surface area contributed by atoms with E-state index in [4.69, 9.17) is 0 Å². The molecule has 0 unspecified atom stereocenters. The van der Waals surface area contributed by atoms with E-state index in [2.05, 4.69) is 11.9 Å². The minimum Gasteiger partial charge on any atom is -0.314 e. The van der Waals surface area contributed by atoms with Crippen LogP contribution in [0, 0.1) is 5.82 Å². The standard InChI is InChI=1S/C16H20F4N2.2ClH/c1-11(2)9-15(22-7-5-21-6-8-22)13-4-3-12(17)10-14(13)16(18,19)20;;/h3-4,10,15,21H,1,5-9H2,2H3;2*1H/t15-;;/m0../s1. The second-order valence-corrected chi connectivity index (χ2v) is 5.69. The first kappa shape index (κ1) is 23.2. The Labute approximate surface area is 152 Å². The Hall–Kier alpha value is -0.820. The van der Waals surface area contributed by atoms with Crippen molar-refractivity contribution in [2.45, 2.75) is 25.6 Å². The molecule has 1 aliphatic rings. The van der Waals surface area contributed by atoms with Gasteiger partial charge in [0.2, 0.25) is 0 Å². The van der Waals surface area contributed by atoms with Gasteiger partial charge in [-0.2, -0.15) is 13.2 Å². The Morgan fingerprint density at radius 2 is 1.83 bits per heavy atom. The second kappa shape index (κ2) is 9.61. The van der Waals surface area contributed by atoms with Crippen molar-refractivity contribution >= 4 is 24.8 Å². The summed E-state index contributed by atoms with van der Waals surface area (Å²) >= 11 is 0. The molecule has 1 heterocycles. The van der Waals surface area contributed by atoms with Crippen LogP contribution in [0.1, 0.15) is 30.5 Å². The highest BCUT2D eigenvalue weighted by atomic mass is 35.5. The molecule has 0 spiro atoms. The minimum absolute atomic E-state index is 0. The zero-order chi connectivity index (χ0) is 16.3. The van der Waals surface area contributed by atoms with Crippen LogP contribution in [0.15, 0.2) is 30.4 Å². The lowest BCUT2D eigenvalue weighted by atomic mass is 9.93. The number of hydrogen-bond acceptors (Lipinski definition) is 2. The number of halogens is 6. The number of nitrogens with zero attached hydrogens (tertiary/aromatic N) is 1. The van der Waals surface area contributed by atoms with E-state index in [1.54, 1.807) is 6.92 Å². The zero-order valence-corrected chi connectivity index (χ0v) is 15.0. The minimum atomic E-state index is -4.57. The van der Waals surface area contributed by atoms with E-state index >= 15 is 0 Å². The first-order chi connectivity index (χ1) is 10.3. The fraction of sp³-hybridized carbons (Fsp3) is 0.500. The fourth-order valence-corrected chi connectivity index (χ4v) is 2.82. The largest absolute Gasteiger partial charge is 0.416 e. The third kappa shape index (κ3) is 5.92. The molecule has 0 bridgehead atoms. The van der Waals surface area contributed by atoms with Crippen LogP contribution in [-0.4, -0.2) is 31.1 Å². The Morgan fingerprint density at radius 3 is 2.33 bits per heavy atom. The van der Waals surface area contributed by atoms with Gasteiger partial charge in [0.1, 0.15) is 5.82 Å². The molecule has 24 heavy (non-hydrogen) atoms. The average molecular weight is 389 g/mol. The van der Waals surface area contributed by atoms with Gasteiger partial charge in [-0.3, -0.25) is 4.90 Å². The van der Waals surface area contributed by atoms with E-state index in [1.165, 1.54) is 6.07 Å². The molecule has 1 atom stereocenters. The van der Waals surface area contributed by atoms with Gasteiger partial charge in [-0.15, -0.1) is 31.4 Å². The molecule has 0 aliphatic carbocycles. The lowest BCUT2D eigenvalue weighted by molar-refractivity contribution is -0.139. The van der Waals surface area contributed by atoms with E-state index in [9.17, 15) is 17.6 Å². The SMILES string of the molecule is C=C(C)C[C@@H](c1ccc(F)cc1C(F)(F)F)N1CCNCC1.Cl.Cl. The van der Waals surface area contributed by atoms with Crippen molar-refractivity contribution in [3.63, 3.8) is 0 Å². The summed E-state index contributed by atoms with van der Waals surface area (Å²) in [6.07, 6.45) is -4.15. The summed E-state index contributed by atoms with van der Waals surface area (Å²) in [5, 5.41) is 3.18. The van der Waals surface area contributed by atoms with E-state index in [0.717, 1.165) is 24.7 Å². The van der Waals surface area contributed by atoms with Crippen molar-refractivity contribution in [1.29, 1.82) is 0 Å². The van der Waals surface area contributed by atoms with E-state index < -0.39 is 23.6 Å². The first-order valence-corrected chi connectivity index (χ1v) is 7.25. The Bertz CT molecular complexity index is 543. The molecule has 8 heteroatoms. The number of benzene rings is 1. The number of alkyl halides is 3. The van der Waals surface area contributed by atoms with Crippen LogP contribution in [-0.2, 0) is 6.18 Å². The monoisotopic (exact) mass is 388 g/mol. The van der Waals surface area contributed by atoms with Crippen LogP contribution in [0.3, 0.4) is 0 Å².